The van der Waals surface area contributed by atoms with Gasteiger partial charge in [-0.1, -0.05) is 72.8 Å². The Kier molecular flexibility index (Phi) is 10.2. The number of fused-ring (bicyclic) bond motifs is 1. The summed E-state index contributed by atoms with van der Waals surface area (Å²) in [4.78, 5) is 62.4. The summed E-state index contributed by atoms with van der Waals surface area (Å²) in [5.41, 5.74) is 5.92. The first-order chi connectivity index (χ1) is 25.2. The highest BCUT2D eigenvalue weighted by Gasteiger charge is 2.38. The molecule has 4 amide bonds. The zero-order chi connectivity index (χ0) is 36.2. The van der Waals surface area contributed by atoms with E-state index in [4.69, 9.17) is 0 Å². The molecule has 1 aromatic heterocycles. The molecular weight excluding hydrogens is 652 g/mol. The molecule has 3 atom stereocenters. The standard InChI is InChI=1S/C42H44N6O4/c1-46(2)39(30-13-7-4-8-14-30)42(52)48-24-10-16-37(48)41(51)44-33-21-22-34-31(26-33)27-35(45-34)29-17-19-32(20-18-29)43-40(50)36-15-9-23-47(36)38(49)25-28-11-5-3-6-12-28/h3-8,11-14,17-22,26-27,36-37,39,45H,9-10,15-16,23-25H2,1-2H3,(H,43,50)(H,44,51)/t36-,37-,39+/m0/s1. The maximum Gasteiger partial charge on any atom is 0.247 e. The van der Waals surface area contributed by atoms with Gasteiger partial charge in [0.15, 0.2) is 0 Å². The number of amides is 4. The van der Waals surface area contributed by atoms with E-state index in [1.807, 2.05) is 128 Å². The van der Waals surface area contributed by atoms with E-state index in [2.05, 4.69) is 15.6 Å². The van der Waals surface area contributed by atoms with Gasteiger partial charge >= 0.3 is 0 Å². The van der Waals surface area contributed by atoms with E-state index in [0.717, 1.165) is 46.1 Å². The topological polar surface area (TPSA) is 118 Å². The van der Waals surface area contributed by atoms with Crippen molar-refractivity contribution in [3.63, 3.8) is 0 Å². The predicted octanol–water partition coefficient (Wildman–Crippen LogP) is 6.24. The molecule has 0 unspecified atom stereocenters. The Morgan fingerprint density at radius 3 is 2.00 bits per heavy atom. The summed E-state index contributed by atoms with van der Waals surface area (Å²) in [5.74, 6) is -0.468. The van der Waals surface area contributed by atoms with Gasteiger partial charge in [-0.25, -0.2) is 0 Å². The first-order valence-electron chi connectivity index (χ1n) is 18.0. The summed E-state index contributed by atoms with van der Waals surface area (Å²) in [6, 6.07) is 33.2. The van der Waals surface area contributed by atoms with Crippen molar-refractivity contribution in [3.05, 3.63) is 120 Å². The van der Waals surface area contributed by atoms with E-state index in [1.54, 1.807) is 9.80 Å². The van der Waals surface area contributed by atoms with E-state index >= 15 is 0 Å². The zero-order valence-electron chi connectivity index (χ0n) is 29.5. The summed E-state index contributed by atoms with van der Waals surface area (Å²) >= 11 is 0. The van der Waals surface area contributed by atoms with Crippen molar-refractivity contribution in [2.45, 2.75) is 50.2 Å². The van der Waals surface area contributed by atoms with Crippen LogP contribution < -0.4 is 10.6 Å². The molecule has 2 aliphatic rings. The number of nitrogens with zero attached hydrogens (tertiary/aromatic N) is 3. The summed E-state index contributed by atoms with van der Waals surface area (Å²) in [7, 11) is 3.77. The first-order valence-corrected chi connectivity index (χ1v) is 18.0. The number of nitrogens with one attached hydrogen (secondary N) is 3. The lowest BCUT2D eigenvalue weighted by Gasteiger charge is -2.31. The smallest absolute Gasteiger partial charge is 0.247 e. The van der Waals surface area contributed by atoms with E-state index in [1.165, 1.54) is 0 Å². The van der Waals surface area contributed by atoms with Crippen molar-refractivity contribution in [3.8, 4) is 11.3 Å². The molecule has 5 aromatic rings. The lowest BCUT2D eigenvalue weighted by molar-refractivity contribution is -0.140. The average Bonchev–Trinajstić information content (AvgIpc) is 3.93. The van der Waals surface area contributed by atoms with Crippen LogP contribution in [-0.2, 0) is 25.6 Å². The van der Waals surface area contributed by atoms with Gasteiger partial charge in [-0.05, 0) is 92.9 Å². The van der Waals surface area contributed by atoms with Crippen LogP contribution in [0, 0.1) is 0 Å². The molecule has 2 aliphatic heterocycles. The number of anilines is 2. The molecule has 2 fully saturated rings. The maximum atomic E-state index is 13.8. The molecule has 0 saturated carbocycles. The molecule has 2 saturated heterocycles. The van der Waals surface area contributed by atoms with Crippen molar-refractivity contribution in [2.75, 3.05) is 37.8 Å². The van der Waals surface area contributed by atoms with Crippen LogP contribution in [0.1, 0.15) is 42.9 Å². The average molecular weight is 697 g/mol. The van der Waals surface area contributed by atoms with Gasteiger partial charge < -0.3 is 25.4 Å². The molecular formula is C42H44N6O4. The van der Waals surface area contributed by atoms with Crippen molar-refractivity contribution in [1.29, 1.82) is 0 Å². The Balaban J connectivity index is 0.982. The number of likely N-dealkylation sites (tertiary alicyclic amines) is 2. The Morgan fingerprint density at radius 2 is 1.33 bits per heavy atom. The van der Waals surface area contributed by atoms with Crippen LogP contribution in [-0.4, -0.2) is 82.6 Å². The van der Waals surface area contributed by atoms with Crippen molar-refractivity contribution >= 4 is 45.9 Å². The Labute approximate surface area is 303 Å². The van der Waals surface area contributed by atoms with E-state index in [0.29, 0.717) is 37.3 Å². The summed E-state index contributed by atoms with van der Waals surface area (Å²) in [6.45, 7) is 1.13. The van der Waals surface area contributed by atoms with Gasteiger partial charge in [-0.3, -0.25) is 24.1 Å². The number of hydrogen-bond acceptors (Lipinski definition) is 5. The molecule has 4 aromatic carbocycles. The molecule has 0 spiro atoms. The molecule has 0 radical (unpaired) electrons. The van der Waals surface area contributed by atoms with Crippen LogP contribution in [0.15, 0.2) is 109 Å². The van der Waals surface area contributed by atoms with Crippen LogP contribution >= 0.6 is 0 Å². The molecule has 7 rings (SSSR count). The van der Waals surface area contributed by atoms with Crippen molar-refractivity contribution < 1.29 is 19.2 Å². The molecule has 3 N–H and O–H groups in total. The van der Waals surface area contributed by atoms with Crippen LogP contribution in [0.4, 0.5) is 11.4 Å². The van der Waals surface area contributed by atoms with Crippen molar-refractivity contribution in [1.82, 2.24) is 19.7 Å². The monoisotopic (exact) mass is 696 g/mol. The van der Waals surface area contributed by atoms with Gasteiger partial charge in [0, 0.05) is 41.1 Å². The minimum absolute atomic E-state index is 0.0340. The fraction of sp³-hybridized carbons (Fsp3) is 0.286. The number of carbonyl (C=O) groups is 4. The third-order valence-corrected chi connectivity index (χ3v) is 10.1. The lowest BCUT2D eigenvalue weighted by Crippen LogP contribution is -2.47. The van der Waals surface area contributed by atoms with Gasteiger partial charge in [-0.2, -0.15) is 0 Å². The molecule has 0 bridgehead atoms. The van der Waals surface area contributed by atoms with Crippen LogP contribution in [0.3, 0.4) is 0 Å². The summed E-state index contributed by atoms with van der Waals surface area (Å²) in [5, 5.41) is 7.00. The van der Waals surface area contributed by atoms with E-state index in [9.17, 15) is 19.2 Å². The SMILES string of the molecule is CN(C)[C@@H](C(=O)N1CCC[C@H]1C(=O)Nc1ccc2[nH]c(-c3ccc(NC(=O)[C@@H]4CCCN4C(=O)Cc4ccccc4)cc3)cc2c1)c1ccccc1. The van der Waals surface area contributed by atoms with E-state index < -0.39 is 18.1 Å². The van der Waals surface area contributed by atoms with Gasteiger partial charge in [-0.15, -0.1) is 0 Å². The van der Waals surface area contributed by atoms with Gasteiger partial charge in [0.25, 0.3) is 0 Å². The van der Waals surface area contributed by atoms with Gasteiger partial charge in [0.2, 0.25) is 23.6 Å². The van der Waals surface area contributed by atoms with Crippen LogP contribution in [0.25, 0.3) is 22.2 Å². The maximum absolute atomic E-state index is 13.8. The van der Waals surface area contributed by atoms with E-state index in [-0.39, 0.29) is 30.0 Å². The fourth-order valence-corrected chi connectivity index (χ4v) is 7.52. The molecule has 10 nitrogen and oxygen atoms in total. The van der Waals surface area contributed by atoms with Gasteiger partial charge in [0.05, 0.1) is 6.42 Å². The predicted molar refractivity (Wildman–Crippen MR) is 203 cm³/mol. The first kappa shape index (κ1) is 34.7. The molecule has 266 valence electrons. The number of H-pyrrole nitrogens is 1. The second-order valence-electron chi connectivity index (χ2n) is 13.9. The number of aromatic nitrogens is 1. The lowest BCUT2D eigenvalue weighted by atomic mass is 10.0. The third kappa shape index (κ3) is 7.48. The Hall–Kier alpha value is -5.74. The molecule has 10 heteroatoms. The highest BCUT2D eigenvalue weighted by molar-refractivity contribution is 6.00. The minimum Gasteiger partial charge on any atom is -0.355 e. The summed E-state index contributed by atoms with van der Waals surface area (Å²) in [6.07, 6.45) is 3.11. The highest BCUT2D eigenvalue weighted by Crippen LogP contribution is 2.30. The second kappa shape index (κ2) is 15.2. The van der Waals surface area contributed by atoms with Crippen LogP contribution in [0.5, 0.6) is 0 Å². The number of carbonyl (C=O) groups excluding carboxylic acids is 4. The number of aromatic amines is 1. The largest absolute Gasteiger partial charge is 0.355 e. The number of likely N-dealkylation sites (N-methyl/N-ethyl adjacent to an activating group) is 1. The molecule has 3 heterocycles. The number of rotatable bonds is 10. The normalized spacial score (nSPS) is 17.8. The minimum atomic E-state index is -0.540. The number of benzene rings is 4. The second-order valence-corrected chi connectivity index (χ2v) is 13.9. The Bertz CT molecular complexity index is 2060. The quantitative estimate of drug-likeness (QED) is 0.160. The van der Waals surface area contributed by atoms with Crippen LogP contribution in [0.2, 0.25) is 0 Å². The third-order valence-electron chi connectivity index (χ3n) is 10.1. The zero-order valence-corrected chi connectivity index (χ0v) is 29.5. The highest BCUT2D eigenvalue weighted by atomic mass is 16.2. The number of hydrogen-bond donors (Lipinski definition) is 3. The fourth-order valence-electron chi connectivity index (χ4n) is 7.52. The van der Waals surface area contributed by atoms with Crippen molar-refractivity contribution in [2.24, 2.45) is 0 Å². The Morgan fingerprint density at radius 1 is 0.731 bits per heavy atom. The van der Waals surface area contributed by atoms with Gasteiger partial charge in [0.1, 0.15) is 18.1 Å². The molecule has 0 aliphatic carbocycles. The molecule has 52 heavy (non-hydrogen) atoms. The summed E-state index contributed by atoms with van der Waals surface area (Å²) < 4.78 is 0.